The van der Waals surface area contributed by atoms with Gasteiger partial charge in [0.2, 0.25) is 5.56 Å². The van der Waals surface area contributed by atoms with E-state index in [1.807, 2.05) is 24.3 Å². The van der Waals surface area contributed by atoms with Gasteiger partial charge in [0.15, 0.2) is 0 Å². The van der Waals surface area contributed by atoms with Crippen LogP contribution in [-0.4, -0.2) is 29.8 Å². The molecule has 0 saturated heterocycles. The van der Waals surface area contributed by atoms with E-state index in [9.17, 15) is 9.59 Å². The number of aromatic nitrogens is 1. The molecule has 1 aromatic heterocycles. The Morgan fingerprint density at radius 2 is 1.83 bits per heavy atom. The number of anilines is 1. The van der Waals surface area contributed by atoms with Crippen molar-refractivity contribution in [1.82, 2.24) is 9.99 Å². The zero-order valence-corrected chi connectivity index (χ0v) is 14.2. The quantitative estimate of drug-likeness (QED) is 0.652. The molecule has 6 nitrogen and oxygen atoms in total. The summed E-state index contributed by atoms with van der Waals surface area (Å²) >= 11 is 0. The van der Waals surface area contributed by atoms with Crippen LogP contribution in [0.25, 0.3) is 0 Å². The zero-order chi connectivity index (χ0) is 17.5. The van der Waals surface area contributed by atoms with E-state index in [1.165, 1.54) is 22.9 Å². The van der Waals surface area contributed by atoms with Crippen LogP contribution in [0.1, 0.15) is 29.8 Å². The molecule has 24 heavy (non-hydrogen) atoms. The highest BCUT2D eigenvalue weighted by atomic mass is 16.2. The van der Waals surface area contributed by atoms with Crippen LogP contribution in [0.3, 0.4) is 0 Å². The summed E-state index contributed by atoms with van der Waals surface area (Å²) in [7, 11) is 1.60. The first-order valence-electron chi connectivity index (χ1n) is 7.90. The lowest BCUT2D eigenvalue weighted by molar-refractivity contribution is 0.0954. The van der Waals surface area contributed by atoms with Crippen molar-refractivity contribution in [3.05, 3.63) is 64.1 Å². The Morgan fingerprint density at radius 1 is 1.17 bits per heavy atom. The van der Waals surface area contributed by atoms with E-state index in [1.54, 1.807) is 13.3 Å². The van der Waals surface area contributed by atoms with Crippen molar-refractivity contribution in [3.8, 4) is 0 Å². The Kier molecular flexibility index (Phi) is 5.89. The van der Waals surface area contributed by atoms with Gasteiger partial charge in [-0.3, -0.25) is 9.59 Å². The van der Waals surface area contributed by atoms with Crippen molar-refractivity contribution < 1.29 is 4.79 Å². The molecule has 0 aliphatic heterocycles. The molecule has 0 aliphatic carbocycles. The first-order valence-corrected chi connectivity index (χ1v) is 7.90. The molecule has 0 radical (unpaired) electrons. The van der Waals surface area contributed by atoms with Gasteiger partial charge < -0.3 is 9.47 Å². The van der Waals surface area contributed by atoms with Gasteiger partial charge in [0, 0.05) is 38.1 Å². The highest BCUT2D eigenvalue weighted by molar-refractivity contribution is 5.94. The van der Waals surface area contributed by atoms with Crippen LogP contribution < -0.4 is 15.9 Å². The van der Waals surface area contributed by atoms with E-state index in [0.717, 1.165) is 24.3 Å². The number of rotatable bonds is 6. The van der Waals surface area contributed by atoms with Gasteiger partial charge >= 0.3 is 0 Å². The maximum absolute atomic E-state index is 12.0. The molecule has 0 bridgehead atoms. The predicted molar refractivity (Wildman–Crippen MR) is 96.7 cm³/mol. The van der Waals surface area contributed by atoms with E-state index in [2.05, 4.69) is 29.3 Å². The van der Waals surface area contributed by atoms with E-state index in [4.69, 9.17) is 0 Å². The third kappa shape index (κ3) is 4.32. The van der Waals surface area contributed by atoms with Crippen molar-refractivity contribution in [2.24, 2.45) is 12.1 Å². The topological polar surface area (TPSA) is 66.7 Å². The molecule has 0 unspecified atom stereocenters. The fourth-order valence-electron chi connectivity index (χ4n) is 2.32. The Balaban J connectivity index is 1.99. The van der Waals surface area contributed by atoms with Gasteiger partial charge in [-0.1, -0.05) is 12.1 Å². The monoisotopic (exact) mass is 326 g/mol. The van der Waals surface area contributed by atoms with Crippen molar-refractivity contribution in [2.45, 2.75) is 13.8 Å². The number of carbonyl (C=O) groups excluding carboxylic acids is 1. The highest BCUT2D eigenvalue weighted by Crippen LogP contribution is 2.13. The molecule has 0 spiro atoms. The number of nitrogens with one attached hydrogen (secondary N) is 1. The summed E-state index contributed by atoms with van der Waals surface area (Å²) in [6, 6.07) is 10.8. The number of hydrazone groups is 1. The van der Waals surface area contributed by atoms with Gasteiger partial charge in [-0.2, -0.15) is 5.10 Å². The number of amides is 1. The van der Waals surface area contributed by atoms with Gasteiger partial charge in [0.1, 0.15) is 0 Å². The smallest absolute Gasteiger partial charge is 0.272 e. The lowest BCUT2D eigenvalue weighted by Crippen LogP contribution is -2.22. The number of hydrogen-bond donors (Lipinski definition) is 1. The van der Waals surface area contributed by atoms with Gasteiger partial charge in [0.25, 0.3) is 5.91 Å². The average molecular weight is 326 g/mol. The molecule has 6 heteroatoms. The second kappa shape index (κ2) is 8.10. The summed E-state index contributed by atoms with van der Waals surface area (Å²) in [5, 5.41) is 3.96. The Bertz CT molecular complexity index is 774. The van der Waals surface area contributed by atoms with Gasteiger partial charge in [-0.05, 0) is 37.6 Å². The molecular weight excluding hydrogens is 304 g/mol. The minimum Gasteiger partial charge on any atom is -0.372 e. The summed E-state index contributed by atoms with van der Waals surface area (Å²) in [6.07, 6.45) is 3.07. The molecule has 0 saturated carbocycles. The standard InChI is InChI=1S/C18H22N4O2/c1-4-22(5-2)16-9-6-14(7-10-16)12-19-20-18(24)15-8-11-17(23)21(3)13-15/h6-13H,4-5H2,1-3H3,(H,20,24)/b19-12-. The summed E-state index contributed by atoms with van der Waals surface area (Å²) in [5.41, 5.74) is 4.73. The maximum atomic E-state index is 12.0. The van der Waals surface area contributed by atoms with Gasteiger partial charge in [-0.25, -0.2) is 5.43 Å². The minimum absolute atomic E-state index is 0.164. The SMILES string of the molecule is CCN(CC)c1ccc(/C=N\NC(=O)c2ccc(=O)n(C)c2)cc1. The maximum Gasteiger partial charge on any atom is 0.272 e. The molecule has 1 N–H and O–H groups in total. The molecule has 2 aromatic rings. The third-order valence-corrected chi connectivity index (χ3v) is 3.75. The van der Waals surface area contributed by atoms with Crippen LogP contribution in [0.5, 0.6) is 0 Å². The summed E-state index contributed by atoms with van der Waals surface area (Å²) in [4.78, 5) is 25.5. The predicted octanol–water partition coefficient (Wildman–Crippen LogP) is 2.00. The molecule has 1 heterocycles. The van der Waals surface area contributed by atoms with E-state index >= 15 is 0 Å². The second-order valence-electron chi connectivity index (χ2n) is 5.33. The molecule has 1 aromatic carbocycles. The highest BCUT2D eigenvalue weighted by Gasteiger charge is 2.05. The summed E-state index contributed by atoms with van der Waals surface area (Å²) in [6.45, 7) is 6.15. The Morgan fingerprint density at radius 3 is 2.42 bits per heavy atom. The summed E-state index contributed by atoms with van der Waals surface area (Å²) in [5.74, 6) is -0.360. The van der Waals surface area contributed by atoms with Crippen LogP contribution in [0.2, 0.25) is 0 Å². The van der Waals surface area contributed by atoms with Gasteiger partial charge in [-0.15, -0.1) is 0 Å². The lowest BCUT2D eigenvalue weighted by atomic mass is 10.2. The number of hydrogen-bond acceptors (Lipinski definition) is 4. The molecule has 126 valence electrons. The van der Waals surface area contributed by atoms with Crippen molar-refractivity contribution in [3.63, 3.8) is 0 Å². The average Bonchev–Trinajstić information content (AvgIpc) is 2.59. The zero-order valence-electron chi connectivity index (χ0n) is 14.2. The third-order valence-electron chi connectivity index (χ3n) is 3.75. The largest absolute Gasteiger partial charge is 0.372 e. The number of aryl methyl sites for hydroxylation is 1. The molecule has 1 amide bonds. The summed E-state index contributed by atoms with van der Waals surface area (Å²) < 4.78 is 1.35. The molecule has 2 rings (SSSR count). The minimum atomic E-state index is -0.360. The Hall–Kier alpha value is -2.89. The van der Waals surface area contributed by atoms with Crippen molar-refractivity contribution in [1.29, 1.82) is 0 Å². The van der Waals surface area contributed by atoms with Gasteiger partial charge in [0.05, 0.1) is 11.8 Å². The molecular formula is C18H22N4O2. The number of pyridine rings is 1. The fraction of sp³-hybridized carbons (Fsp3) is 0.278. The van der Waals surface area contributed by atoms with Crippen molar-refractivity contribution in [2.75, 3.05) is 18.0 Å². The fourth-order valence-corrected chi connectivity index (χ4v) is 2.32. The van der Waals surface area contributed by atoms with Crippen LogP contribution in [-0.2, 0) is 7.05 Å². The van der Waals surface area contributed by atoms with Crippen molar-refractivity contribution >= 4 is 17.8 Å². The van der Waals surface area contributed by atoms with Crippen LogP contribution in [0.4, 0.5) is 5.69 Å². The molecule has 0 atom stereocenters. The molecule has 0 fully saturated rings. The number of benzene rings is 1. The first-order chi connectivity index (χ1) is 11.5. The first kappa shape index (κ1) is 17.5. The van der Waals surface area contributed by atoms with Crippen LogP contribution in [0, 0.1) is 0 Å². The second-order valence-corrected chi connectivity index (χ2v) is 5.33. The van der Waals surface area contributed by atoms with E-state index in [0.29, 0.717) is 5.56 Å². The number of carbonyl (C=O) groups is 1. The van der Waals surface area contributed by atoms with Crippen LogP contribution in [0.15, 0.2) is 52.5 Å². The molecule has 0 aliphatic rings. The number of nitrogens with zero attached hydrogens (tertiary/aromatic N) is 3. The Labute approximate surface area is 141 Å². The van der Waals surface area contributed by atoms with E-state index in [-0.39, 0.29) is 11.5 Å². The van der Waals surface area contributed by atoms with E-state index < -0.39 is 0 Å². The lowest BCUT2D eigenvalue weighted by Gasteiger charge is -2.20. The normalized spacial score (nSPS) is 10.8. The van der Waals surface area contributed by atoms with Crippen LogP contribution >= 0.6 is 0 Å².